The molecule has 1 aromatic carbocycles. The van der Waals surface area contributed by atoms with Gasteiger partial charge in [-0.1, -0.05) is 30.3 Å². The van der Waals surface area contributed by atoms with Crippen LogP contribution in [0.1, 0.15) is 11.6 Å². The van der Waals surface area contributed by atoms with Crippen LogP contribution in [0.15, 0.2) is 30.3 Å². The zero-order valence-corrected chi connectivity index (χ0v) is 7.36. The first-order chi connectivity index (χ1) is 6.33. The van der Waals surface area contributed by atoms with E-state index in [-0.39, 0.29) is 18.1 Å². The van der Waals surface area contributed by atoms with Gasteiger partial charge in [-0.15, -0.1) is 0 Å². The van der Waals surface area contributed by atoms with Crippen LogP contribution >= 0.6 is 0 Å². The highest BCUT2D eigenvalue weighted by Crippen LogP contribution is 2.29. The molecule has 0 unspecified atom stereocenters. The molecule has 1 saturated heterocycles. The van der Waals surface area contributed by atoms with Crippen molar-refractivity contribution in [3.63, 3.8) is 0 Å². The fraction of sp³-hybridized carbons (Fsp3) is 0.300. The lowest BCUT2D eigenvalue weighted by atomic mass is 10.1. The molecule has 13 heavy (non-hydrogen) atoms. The van der Waals surface area contributed by atoms with Crippen molar-refractivity contribution in [3.8, 4) is 0 Å². The number of carbonyl (C=O) groups excluding carboxylic acids is 1. The van der Waals surface area contributed by atoms with Crippen LogP contribution in [0, 0.1) is 0 Å². The molecule has 0 aliphatic carbocycles. The van der Waals surface area contributed by atoms with Gasteiger partial charge in [0.1, 0.15) is 6.04 Å². The highest BCUT2D eigenvalue weighted by molar-refractivity contribution is 5.80. The molecule has 1 aliphatic rings. The predicted molar refractivity (Wildman–Crippen MR) is 48.1 cm³/mol. The minimum atomic E-state index is -0.186. The minimum Gasteiger partial charge on any atom is -0.468 e. The second kappa shape index (κ2) is 3.18. The van der Waals surface area contributed by atoms with E-state index in [0.717, 1.165) is 5.56 Å². The third-order valence-corrected chi connectivity index (χ3v) is 2.20. The van der Waals surface area contributed by atoms with E-state index < -0.39 is 0 Å². The SMILES string of the molecule is COC(=O)[C@H]1N[C@H]1c1ccccc1. The lowest BCUT2D eigenvalue weighted by Crippen LogP contribution is -2.11. The largest absolute Gasteiger partial charge is 0.468 e. The Morgan fingerprint density at radius 1 is 1.38 bits per heavy atom. The summed E-state index contributed by atoms with van der Waals surface area (Å²) in [4.78, 5) is 11.1. The van der Waals surface area contributed by atoms with Crippen molar-refractivity contribution in [3.05, 3.63) is 35.9 Å². The maximum Gasteiger partial charge on any atom is 0.324 e. The number of ether oxygens (including phenoxy) is 1. The lowest BCUT2D eigenvalue weighted by molar-refractivity contribution is -0.140. The molecular formula is C10H11NO2. The summed E-state index contributed by atoms with van der Waals surface area (Å²) in [7, 11) is 1.41. The molecular weight excluding hydrogens is 166 g/mol. The summed E-state index contributed by atoms with van der Waals surface area (Å²) >= 11 is 0. The van der Waals surface area contributed by atoms with Crippen LogP contribution in [0.25, 0.3) is 0 Å². The normalized spacial score (nSPS) is 25.3. The Bertz CT molecular complexity index is 310. The third kappa shape index (κ3) is 1.55. The van der Waals surface area contributed by atoms with E-state index in [9.17, 15) is 4.79 Å². The van der Waals surface area contributed by atoms with Crippen molar-refractivity contribution in [2.45, 2.75) is 12.1 Å². The van der Waals surface area contributed by atoms with Gasteiger partial charge in [0.2, 0.25) is 0 Å². The number of hydrogen-bond acceptors (Lipinski definition) is 3. The molecule has 1 fully saturated rings. The number of esters is 1. The second-order valence-electron chi connectivity index (χ2n) is 3.06. The maximum absolute atomic E-state index is 11.1. The van der Waals surface area contributed by atoms with E-state index in [4.69, 9.17) is 0 Å². The quantitative estimate of drug-likeness (QED) is 0.538. The molecule has 3 nitrogen and oxygen atoms in total. The van der Waals surface area contributed by atoms with Crippen molar-refractivity contribution in [2.24, 2.45) is 0 Å². The summed E-state index contributed by atoms with van der Waals surface area (Å²) in [5, 5.41) is 3.06. The molecule has 0 amide bonds. The van der Waals surface area contributed by atoms with Crippen LogP contribution in [0.5, 0.6) is 0 Å². The Balaban J connectivity index is 2.04. The molecule has 0 bridgehead atoms. The van der Waals surface area contributed by atoms with E-state index in [1.165, 1.54) is 7.11 Å². The van der Waals surface area contributed by atoms with Gasteiger partial charge in [-0.05, 0) is 5.56 Å². The second-order valence-corrected chi connectivity index (χ2v) is 3.06. The van der Waals surface area contributed by atoms with Crippen LogP contribution in [0.4, 0.5) is 0 Å². The first kappa shape index (κ1) is 8.26. The molecule has 1 N–H and O–H groups in total. The topological polar surface area (TPSA) is 48.2 Å². The van der Waals surface area contributed by atoms with Crippen molar-refractivity contribution in [1.82, 2.24) is 5.32 Å². The Kier molecular flexibility index (Phi) is 2.02. The molecule has 1 aliphatic heterocycles. The lowest BCUT2D eigenvalue weighted by Gasteiger charge is -1.96. The number of benzene rings is 1. The Labute approximate surface area is 76.7 Å². The van der Waals surface area contributed by atoms with Gasteiger partial charge < -0.3 is 4.74 Å². The van der Waals surface area contributed by atoms with Gasteiger partial charge in [0.25, 0.3) is 0 Å². The van der Waals surface area contributed by atoms with E-state index >= 15 is 0 Å². The number of hydrogen-bond donors (Lipinski definition) is 1. The molecule has 1 heterocycles. The molecule has 0 saturated carbocycles. The van der Waals surface area contributed by atoms with Crippen molar-refractivity contribution in [2.75, 3.05) is 7.11 Å². The molecule has 2 rings (SSSR count). The van der Waals surface area contributed by atoms with E-state index in [1.807, 2.05) is 30.3 Å². The smallest absolute Gasteiger partial charge is 0.324 e. The highest BCUT2D eigenvalue weighted by Gasteiger charge is 2.44. The molecule has 3 heteroatoms. The molecule has 2 atom stereocenters. The molecule has 0 radical (unpaired) electrons. The Morgan fingerprint density at radius 3 is 2.69 bits per heavy atom. The first-order valence-electron chi connectivity index (χ1n) is 4.22. The predicted octanol–water partition coefficient (Wildman–Crippen LogP) is 0.872. The molecule has 0 aromatic heterocycles. The van der Waals surface area contributed by atoms with Crippen LogP contribution in [0.2, 0.25) is 0 Å². The summed E-state index contributed by atoms with van der Waals surface area (Å²) in [5.41, 5.74) is 1.14. The van der Waals surface area contributed by atoms with Crippen molar-refractivity contribution in [1.29, 1.82) is 0 Å². The minimum absolute atomic E-state index is 0.146. The maximum atomic E-state index is 11.1. The van der Waals surface area contributed by atoms with Gasteiger partial charge >= 0.3 is 5.97 Å². The third-order valence-electron chi connectivity index (χ3n) is 2.20. The zero-order chi connectivity index (χ0) is 9.26. The Morgan fingerprint density at radius 2 is 2.08 bits per heavy atom. The summed E-state index contributed by atoms with van der Waals surface area (Å²) in [6.45, 7) is 0. The first-order valence-corrected chi connectivity index (χ1v) is 4.22. The average molecular weight is 177 g/mol. The summed E-state index contributed by atoms with van der Waals surface area (Å²) < 4.78 is 4.62. The monoisotopic (exact) mass is 177 g/mol. The van der Waals surface area contributed by atoms with Gasteiger partial charge in [-0.25, -0.2) is 0 Å². The standard InChI is InChI=1S/C10H11NO2/c1-13-10(12)9-8(11-9)7-5-3-2-4-6-7/h2-6,8-9,11H,1H3/t8-,9-/m0/s1. The summed E-state index contributed by atoms with van der Waals surface area (Å²) in [6, 6.07) is 9.88. The Hall–Kier alpha value is -1.35. The summed E-state index contributed by atoms with van der Waals surface area (Å²) in [5.74, 6) is -0.186. The van der Waals surface area contributed by atoms with Crippen LogP contribution < -0.4 is 5.32 Å². The van der Waals surface area contributed by atoms with E-state index in [1.54, 1.807) is 0 Å². The average Bonchev–Trinajstić information content (AvgIpc) is 2.98. The number of rotatable bonds is 2. The summed E-state index contributed by atoms with van der Waals surface area (Å²) in [6.07, 6.45) is 0. The van der Waals surface area contributed by atoms with Gasteiger partial charge in [0.15, 0.2) is 0 Å². The zero-order valence-electron chi connectivity index (χ0n) is 7.36. The number of methoxy groups -OCH3 is 1. The molecule has 68 valence electrons. The van der Waals surface area contributed by atoms with E-state index in [2.05, 4.69) is 10.1 Å². The van der Waals surface area contributed by atoms with Crippen molar-refractivity contribution < 1.29 is 9.53 Å². The van der Waals surface area contributed by atoms with Gasteiger partial charge in [0, 0.05) is 0 Å². The van der Waals surface area contributed by atoms with Crippen LogP contribution in [0.3, 0.4) is 0 Å². The highest BCUT2D eigenvalue weighted by atomic mass is 16.5. The molecule has 0 spiro atoms. The molecule has 1 aromatic rings. The van der Waals surface area contributed by atoms with Gasteiger partial charge in [-0.3, -0.25) is 10.1 Å². The fourth-order valence-corrected chi connectivity index (χ4v) is 1.42. The van der Waals surface area contributed by atoms with Gasteiger partial charge in [0.05, 0.1) is 13.2 Å². The van der Waals surface area contributed by atoms with E-state index in [0.29, 0.717) is 0 Å². The number of carbonyl (C=O) groups is 1. The number of nitrogens with one attached hydrogen (secondary N) is 1. The van der Waals surface area contributed by atoms with Gasteiger partial charge in [-0.2, -0.15) is 0 Å². The van der Waals surface area contributed by atoms with Crippen LogP contribution in [-0.4, -0.2) is 19.1 Å². The van der Waals surface area contributed by atoms with Crippen molar-refractivity contribution >= 4 is 5.97 Å². The van der Waals surface area contributed by atoms with Crippen LogP contribution in [-0.2, 0) is 9.53 Å². The fourth-order valence-electron chi connectivity index (χ4n) is 1.42.